The molecule has 1 unspecified atom stereocenters. The molecule has 10 nitrogen and oxygen atoms in total. The normalized spacial score (nSPS) is 12.6. The van der Waals surface area contributed by atoms with Crippen molar-refractivity contribution >= 4 is 21.4 Å². The first kappa shape index (κ1) is 25.5. The number of aryl methyl sites for hydroxylation is 2. The molecule has 0 spiro atoms. The van der Waals surface area contributed by atoms with Crippen LogP contribution in [0.2, 0.25) is 0 Å². The van der Waals surface area contributed by atoms with E-state index in [4.69, 9.17) is 4.74 Å². The lowest BCUT2D eigenvalue weighted by Crippen LogP contribution is -2.31. The third kappa shape index (κ3) is 7.16. The molecule has 0 saturated heterocycles. The van der Waals surface area contributed by atoms with Gasteiger partial charge in [-0.15, -0.1) is 0 Å². The molecular weight excluding hydrogens is 436 g/mol. The molecule has 0 fully saturated rings. The van der Waals surface area contributed by atoms with Gasteiger partial charge in [-0.3, -0.25) is 10.1 Å². The lowest BCUT2D eigenvalue weighted by Gasteiger charge is -2.17. The van der Waals surface area contributed by atoms with E-state index in [0.717, 1.165) is 17.2 Å². The first-order chi connectivity index (χ1) is 15.0. The molecule has 0 bridgehead atoms. The maximum Gasteiger partial charge on any atom is 0.293 e. The van der Waals surface area contributed by atoms with Crippen LogP contribution < -0.4 is 14.8 Å². The number of rotatable bonds is 12. The van der Waals surface area contributed by atoms with Crippen molar-refractivity contribution < 1.29 is 23.2 Å². The summed E-state index contributed by atoms with van der Waals surface area (Å²) in [6.07, 6.45) is -0.940. The molecule has 0 saturated carbocycles. The van der Waals surface area contributed by atoms with Gasteiger partial charge >= 0.3 is 0 Å². The zero-order valence-electron chi connectivity index (χ0n) is 18.7. The Bertz CT molecular complexity index is 1020. The van der Waals surface area contributed by atoms with Gasteiger partial charge in [0.2, 0.25) is 10.0 Å². The quantitative estimate of drug-likeness (QED) is 0.319. The van der Waals surface area contributed by atoms with Crippen LogP contribution in [-0.2, 0) is 10.0 Å². The molecule has 3 N–H and O–H groups in total. The number of nitrogens with zero attached hydrogens (tertiary/aromatic N) is 2. The summed E-state index contributed by atoms with van der Waals surface area (Å²) >= 11 is 0. The number of aliphatic hydroxyl groups is 1. The highest BCUT2D eigenvalue weighted by Gasteiger charge is 2.22. The molecule has 0 radical (unpaired) electrons. The van der Waals surface area contributed by atoms with Crippen molar-refractivity contribution in [3.63, 3.8) is 0 Å². The van der Waals surface area contributed by atoms with Crippen molar-refractivity contribution in [2.24, 2.45) is 0 Å². The molecule has 0 aromatic heterocycles. The molecule has 0 aliphatic rings. The van der Waals surface area contributed by atoms with Gasteiger partial charge in [0.25, 0.3) is 5.69 Å². The van der Waals surface area contributed by atoms with Gasteiger partial charge in [0.15, 0.2) is 0 Å². The lowest BCUT2D eigenvalue weighted by atomic mass is 10.1. The summed E-state index contributed by atoms with van der Waals surface area (Å²) in [5.74, 6) is 0.689. The summed E-state index contributed by atoms with van der Waals surface area (Å²) in [5, 5.41) is 24.5. The van der Waals surface area contributed by atoms with Crippen LogP contribution >= 0.6 is 0 Å². The molecular formula is C21H30N4O6S. The summed E-state index contributed by atoms with van der Waals surface area (Å²) in [4.78, 5) is 12.4. The van der Waals surface area contributed by atoms with E-state index in [2.05, 4.69) is 10.0 Å². The van der Waals surface area contributed by atoms with Gasteiger partial charge < -0.3 is 20.1 Å². The van der Waals surface area contributed by atoms with Gasteiger partial charge in [-0.05, 0) is 51.2 Å². The highest BCUT2D eigenvalue weighted by atomic mass is 32.2. The van der Waals surface area contributed by atoms with Crippen LogP contribution in [0.25, 0.3) is 0 Å². The zero-order chi connectivity index (χ0) is 23.9. The molecule has 0 aliphatic carbocycles. The number of hydrogen-bond donors (Lipinski definition) is 3. The topological polar surface area (TPSA) is 134 Å². The van der Waals surface area contributed by atoms with E-state index in [9.17, 15) is 23.6 Å². The monoisotopic (exact) mass is 466 g/mol. The number of nitro benzene ring substituents is 1. The van der Waals surface area contributed by atoms with E-state index in [-0.39, 0.29) is 30.3 Å². The van der Waals surface area contributed by atoms with Crippen LogP contribution in [0.1, 0.15) is 11.1 Å². The number of likely N-dealkylation sites (N-methyl/N-ethyl adjacent to an activating group) is 1. The second-order valence-electron chi connectivity index (χ2n) is 7.70. The Balaban J connectivity index is 2.04. The van der Waals surface area contributed by atoms with Crippen LogP contribution in [-0.4, -0.2) is 69.8 Å². The third-order valence-electron chi connectivity index (χ3n) is 4.68. The summed E-state index contributed by atoms with van der Waals surface area (Å²) in [7, 11) is -0.272. The average molecular weight is 467 g/mol. The van der Waals surface area contributed by atoms with E-state index in [1.54, 1.807) is 14.1 Å². The fourth-order valence-electron chi connectivity index (χ4n) is 2.96. The molecule has 0 amide bonds. The molecule has 0 aliphatic heterocycles. The van der Waals surface area contributed by atoms with Crippen molar-refractivity contribution in [3.05, 3.63) is 57.6 Å². The Morgan fingerprint density at radius 2 is 1.84 bits per heavy atom. The van der Waals surface area contributed by atoms with Gasteiger partial charge in [-0.2, -0.15) is 0 Å². The first-order valence-corrected chi connectivity index (χ1v) is 11.5. The largest absolute Gasteiger partial charge is 0.490 e. The van der Waals surface area contributed by atoms with Crippen LogP contribution in [0, 0.1) is 24.0 Å². The highest BCUT2D eigenvalue weighted by molar-refractivity contribution is 7.89. The van der Waals surface area contributed by atoms with E-state index in [1.165, 1.54) is 12.1 Å². The second-order valence-corrected chi connectivity index (χ2v) is 9.47. The van der Waals surface area contributed by atoms with Crippen molar-refractivity contribution in [2.45, 2.75) is 24.8 Å². The van der Waals surface area contributed by atoms with Gasteiger partial charge in [-0.1, -0.05) is 18.2 Å². The standard InChI is InChI=1S/C21H30N4O6S/c1-15-6-5-7-16(2)21(15)31-14-17(26)13-22-19-9-8-18(12-20(19)25(27)28)32(29,30)23-10-11-24(3)4/h5-9,12,17,22-23,26H,10-11,13-14H2,1-4H3. The minimum Gasteiger partial charge on any atom is -0.490 e. The molecule has 2 aromatic carbocycles. The maximum atomic E-state index is 12.4. The second kappa shape index (κ2) is 11.2. The maximum absolute atomic E-state index is 12.4. The molecule has 32 heavy (non-hydrogen) atoms. The van der Waals surface area contributed by atoms with Gasteiger partial charge in [-0.25, -0.2) is 13.1 Å². The average Bonchev–Trinajstić information content (AvgIpc) is 2.71. The van der Waals surface area contributed by atoms with Gasteiger partial charge in [0, 0.05) is 25.7 Å². The van der Waals surface area contributed by atoms with Crippen molar-refractivity contribution in [1.82, 2.24) is 9.62 Å². The first-order valence-electron chi connectivity index (χ1n) is 10.0. The number of anilines is 1. The Labute approximate surface area is 188 Å². The Kier molecular flexibility index (Phi) is 8.96. The number of ether oxygens (including phenoxy) is 1. The Hall–Kier alpha value is -2.73. The lowest BCUT2D eigenvalue weighted by molar-refractivity contribution is -0.384. The smallest absolute Gasteiger partial charge is 0.293 e. The number of para-hydroxylation sites is 1. The molecule has 176 valence electrons. The van der Waals surface area contributed by atoms with E-state index in [0.29, 0.717) is 12.3 Å². The van der Waals surface area contributed by atoms with E-state index >= 15 is 0 Å². The van der Waals surface area contributed by atoms with Crippen molar-refractivity contribution in [1.29, 1.82) is 0 Å². The van der Waals surface area contributed by atoms with E-state index in [1.807, 2.05) is 36.9 Å². The van der Waals surface area contributed by atoms with Crippen molar-refractivity contribution in [3.8, 4) is 5.75 Å². The minimum atomic E-state index is -3.89. The van der Waals surface area contributed by atoms with Gasteiger partial charge in [0.05, 0.1) is 9.82 Å². The van der Waals surface area contributed by atoms with Crippen molar-refractivity contribution in [2.75, 3.05) is 45.7 Å². The summed E-state index contributed by atoms with van der Waals surface area (Å²) < 4.78 is 32.9. The third-order valence-corrected chi connectivity index (χ3v) is 6.14. The predicted molar refractivity (Wildman–Crippen MR) is 123 cm³/mol. The Morgan fingerprint density at radius 3 is 2.44 bits per heavy atom. The highest BCUT2D eigenvalue weighted by Crippen LogP contribution is 2.28. The number of hydrogen-bond acceptors (Lipinski definition) is 8. The zero-order valence-corrected chi connectivity index (χ0v) is 19.5. The minimum absolute atomic E-state index is 0.00521. The fraction of sp³-hybridized carbons (Fsp3) is 0.429. The van der Waals surface area contributed by atoms with Crippen LogP contribution in [0.3, 0.4) is 0 Å². The Morgan fingerprint density at radius 1 is 1.19 bits per heavy atom. The fourth-order valence-corrected chi connectivity index (χ4v) is 4.00. The summed E-state index contributed by atoms with van der Waals surface area (Å²) in [6, 6.07) is 9.32. The number of aliphatic hydroxyl groups excluding tert-OH is 1. The summed E-state index contributed by atoms with van der Waals surface area (Å²) in [5.41, 5.74) is 1.59. The molecule has 2 aromatic rings. The number of nitrogens with one attached hydrogen (secondary N) is 2. The summed E-state index contributed by atoms with van der Waals surface area (Å²) in [6.45, 7) is 4.45. The number of sulfonamides is 1. The molecule has 2 rings (SSSR count). The van der Waals surface area contributed by atoms with Crippen LogP contribution in [0.4, 0.5) is 11.4 Å². The predicted octanol–water partition coefficient (Wildman–Crippen LogP) is 1.90. The van der Waals surface area contributed by atoms with Crippen LogP contribution in [0.15, 0.2) is 41.3 Å². The van der Waals surface area contributed by atoms with Crippen LogP contribution in [0.5, 0.6) is 5.75 Å². The number of benzene rings is 2. The number of nitro groups is 1. The van der Waals surface area contributed by atoms with E-state index < -0.39 is 26.7 Å². The SMILES string of the molecule is Cc1cccc(C)c1OCC(O)CNc1ccc(S(=O)(=O)NCCN(C)C)cc1[N+](=O)[O-]. The molecule has 0 heterocycles. The molecule has 11 heteroatoms. The van der Waals surface area contributed by atoms with Gasteiger partial charge in [0.1, 0.15) is 24.1 Å². The molecule has 1 atom stereocenters.